The summed E-state index contributed by atoms with van der Waals surface area (Å²) < 4.78 is 4.10. The number of aryl methyl sites for hydroxylation is 2. The van der Waals surface area contributed by atoms with Crippen molar-refractivity contribution in [1.29, 1.82) is 0 Å². The number of imidazole rings is 1. The number of thiazole rings is 1. The maximum Gasteiger partial charge on any atom is 0.274 e. The third kappa shape index (κ3) is 4.16. The zero-order chi connectivity index (χ0) is 21.1. The van der Waals surface area contributed by atoms with Gasteiger partial charge in [0.1, 0.15) is 0 Å². The number of aromatic nitrogens is 4. The van der Waals surface area contributed by atoms with Gasteiger partial charge < -0.3 is 10.2 Å². The van der Waals surface area contributed by atoms with Crippen LogP contribution < -0.4 is 5.32 Å². The Bertz CT molecular complexity index is 1010. The van der Waals surface area contributed by atoms with Crippen LogP contribution >= 0.6 is 11.3 Å². The van der Waals surface area contributed by atoms with Gasteiger partial charge in [-0.15, -0.1) is 11.3 Å². The van der Waals surface area contributed by atoms with E-state index in [0.29, 0.717) is 12.2 Å². The van der Waals surface area contributed by atoms with Gasteiger partial charge in [-0.25, -0.2) is 4.98 Å². The predicted molar refractivity (Wildman–Crippen MR) is 120 cm³/mol. The number of carbonyl (C=O) groups is 1. The standard InChI is InChI=1S/C22H32N6OS/c1-4-28-17(3)18(16(2)25-28)14-23-15-19-20(24-22-27(19)12-13-30-22)21(29)26-10-8-6-5-7-9-11-26/h12-13,23H,4-11,14-15H2,1-3H3. The van der Waals surface area contributed by atoms with Gasteiger partial charge in [0, 0.05) is 55.6 Å². The summed E-state index contributed by atoms with van der Waals surface area (Å²) >= 11 is 1.57. The SMILES string of the molecule is CCn1nc(C)c(CNCc2c(C(=O)N3CCCCCCC3)nc3sccn23)c1C. The zero-order valence-electron chi connectivity index (χ0n) is 18.3. The van der Waals surface area contributed by atoms with Crippen LogP contribution in [-0.2, 0) is 19.6 Å². The van der Waals surface area contributed by atoms with Gasteiger partial charge in [-0.3, -0.25) is 13.9 Å². The van der Waals surface area contributed by atoms with Crippen LogP contribution in [-0.4, -0.2) is 43.1 Å². The minimum atomic E-state index is 0.0794. The van der Waals surface area contributed by atoms with Crippen molar-refractivity contribution in [3.8, 4) is 0 Å². The van der Waals surface area contributed by atoms with Gasteiger partial charge >= 0.3 is 0 Å². The van der Waals surface area contributed by atoms with E-state index in [1.807, 2.05) is 21.2 Å². The molecule has 1 aliphatic rings. The molecule has 30 heavy (non-hydrogen) atoms. The van der Waals surface area contributed by atoms with Crippen molar-refractivity contribution in [2.45, 2.75) is 72.5 Å². The first-order chi connectivity index (χ1) is 14.6. The summed E-state index contributed by atoms with van der Waals surface area (Å²) in [5.41, 5.74) is 5.06. The summed E-state index contributed by atoms with van der Waals surface area (Å²) in [7, 11) is 0. The van der Waals surface area contributed by atoms with Crippen molar-refractivity contribution in [2.75, 3.05) is 13.1 Å². The lowest BCUT2D eigenvalue weighted by molar-refractivity contribution is 0.0736. The van der Waals surface area contributed by atoms with Gasteiger partial charge in [0.25, 0.3) is 5.91 Å². The fourth-order valence-electron chi connectivity index (χ4n) is 4.38. The lowest BCUT2D eigenvalue weighted by Gasteiger charge is -2.24. The van der Waals surface area contributed by atoms with Crippen molar-refractivity contribution in [1.82, 2.24) is 29.4 Å². The molecule has 0 spiro atoms. The molecule has 1 saturated heterocycles. The highest BCUT2D eigenvalue weighted by atomic mass is 32.1. The van der Waals surface area contributed by atoms with Gasteiger partial charge in [0.15, 0.2) is 10.7 Å². The zero-order valence-corrected chi connectivity index (χ0v) is 19.1. The van der Waals surface area contributed by atoms with E-state index < -0.39 is 0 Å². The third-order valence-electron chi connectivity index (χ3n) is 6.13. The van der Waals surface area contributed by atoms with E-state index in [9.17, 15) is 4.79 Å². The minimum absolute atomic E-state index is 0.0794. The molecule has 3 aromatic heterocycles. The number of carbonyl (C=O) groups excluding carboxylic acids is 1. The molecule has 0 unspecified atom stereocenters. The van der Waals surface area contributed by atoms with Crippen LogP contribution in [0.2, 0.25) is 0 Å². The summed E-state index contributed by atoms with van der Waals surface area (Å²) in [4.78, 5) is 21.0. The Morgan fingerprint density at radius 2 is 1.87 bits per heavy atom. The maximum absolute atomic E-state index is 13.4. The van der Waals surface area contributed by atoms with E-state index in [4.69, 9.17) is 4.98 Å². The smallest absolute Gasteiger partial charge is 0.274 e. The molecular formula is C22H32N6OS. The number of hydrogen-bond acceptors (Lipinski definition) is 5. The molecule has 0 atom stereocenters. The largest absolute Gasteiger partial charge is 0.337 e. The van der Waals surface area contributed by atoms with Crippen molar-refractivity contribution in [3.05, 3.63) is 39.9 Å². The number of nitrogens with one attached hydrogen (secondary N) is 1. The van der Waals surface area contributed by atoms with Crippen LogP contribution in [0.4, 0.5) is 0 Å². The second kappa shape index (κ2) is 9.31. The predicted octanol–water partition coefficient (Wildman–Crippen LogP) is 3.93. The van der Waals surface area contributed by atoms with Crippen molar-refractivity contribution < 1.29 is 4.79 Å². The van der Waals surface area contributed by atoms with Crippen molar-refractivity contribution in [2.24, 2.45) is 0 Å². The molecule has 162 valence electrons. The van der Waals surface area contributed by atoms with E-state index in [-0.39, 0.29) is 5.91 Å². The van der Waals surface area contributed by atoms with Crippen LogP contribution in [0.15, 0.2) is 11.6 Å². The van der Waals surface area contributed by atoms with E-state index in [1.54, 1.807) is 11.3 Å². The van der Waals surface area contributed by atoms with Gasteiger partial charge in [-0.1, -0.05) is 19.3 Å². The Hall–Kier alpha value is -2.19. The van der Waals surface area contributed by atoms with Crippen LogP contribution in [0.3, 0.4) is 0 Å². The number of fused-ring (bicyclic) bond motifs is 1. The summed E-state index contributed by atoms with van der Waals surface area (Å²) in [6, 6.07) is 0. The van der Waals surface area contributed by atoms with Gasteiger partial charge in [0.05, 0.1) is 11.4 Å². The number of amides is 1. The van der Waals surface area contributed by atoms with Gasteiger partial charge in [-0.05, 0) is 33.6 Å². The Balaban J connectivity index is 1.53. The molecule has 0 radical (unpaired) electrons. The molecule has 1 N–H and O–H groups in total. The van der Waals surface area contributed by atoms with Gasteiger partial charge in [0.2, 0.25) is 0 Å². The first-order valence-electron chi connectivity index (χ1n) is 11.1. The molecular weight excluding hydrogens is 396 g/mol. The summed E-state index contributed by atoms with van der Waals surface area (Å²) in [6.07, 6.45) is 7.88. The number of nitrogens with zero attached hydrogens (tertiary/aromatic N) is 5. The highest BCUT2D eigenvalue weighted by Crippen LogP contribution is 2.21. The van der Waals surface area contributed by atoms with Crippen LogP contribution in [0.1, 0.15) is 72.2 Å². The first kappa shape index (κ1) is 21.1. The number of hydrogen-bond donors (Lipinski definition) is 1. The van der Waals surface area contributed by atoms with Crippen molar-refractivity contribution in [3.63, 3.8) is 0 Å². The summed E-state index contributed by atoms with van der Waals surface area (Å²) in [6.45, 7) is 10.2. The Morgan fingerprint density at radius 1 is 1.13 bits per heavy atom. The maximum atomic E-state index is 13.4. The quantitative estimate of drug-likeness (QED) is 0.646. The second-order valence-corrected chi connectivity index (χ2v) is 8.96. The third-order valence-corrected chi connectivity index (χ3v) is 6.89. The summed E-state index contributed by atoms with van der Waals surface area (Å²) in [5.74, 6) is 0.0794. The van der Waals surface area contributed by atoms with Gasteiger partial charge in [-0.2, -0.15) is 5.10 Å². The molecule has 0 saturated carbocycles. The molecule has 1 amide bonds. The molecule has 0 aliphatic carbocycles. The molecule has 4 heterocycles. The molecule has 0 aromatic carbocycles. The molecule has 3 aromatic rings. The number of rotatable bonds is 6. The van der Waals surface area contributed by atoms with Crippen LogP contribution in [0, 0.1) is 13.8 Å². The topological polar surface area (TPSA) is 67.5 Å². The van der Waals surface area contributed by atoms with E-state index in [0.717, 1.165) is 55.4 Å². The Kier molecular flexibility index (Phi) is 6.53. The van der Waals surface area contributed by atoms with E-state index in [1.165, 1.54) is 30.5 Å². The highest BCUT2D eigenvalue weighted by molar-refractivity contribution is 7.15. The van der Waals surface area contributed by atoms with E-state index >= 15 is 0 Å². The number of likely N-dealkylation sites (tertiary alicyclic amines) is 1. The Morgan fingerprint density at radius 3 is 2.57 bits per heavy atom. The fourth-order valence-corrected chi connectivity index (χ4v) is 5.11. The molecule has 4 rings (SSSR count). The lowest BCUT2D eigenvalue weighted by Crippen LogP contribution is -2.35. The molecule has 7 nitrogen and oxygen atoms in total. The van der Waals surface area contributed by atoms with Crippen molar-refractivity contribution >= 4 is 22.2 Å². The first-order valence-corrected chi connectivity index (χ1v) is 12.0. The van der Waals surface area contributed by atoms with Crippen LogP contribution in [0.25, 0.3) is 4.96 Å². The average molecular weight is 429 g/mol. The molecule has 8 heteroatoms. The second-order valence-electron chi connectivity index (χ2n) is 8.09. The molecule has 1 fully saturated rings. The monoisotopic (exact) mass is 428 g/mol. The lowest BCUT2D eigenvalue weighted by atomic mass is 10.1. The van der Waals surface area contributed by atoms with Crippen LogP contribution in [0.5, 0.6) is 0 Å². The molecule has 1 aliphatic heterocycles. The fraction of sp³-hybridized carbons (Fsp3) is 0.591. The van der Waals surface area contributed by atoms with E-state index in [2.05, 4.69) is 35.6 Å². The minimum Gasteiger partial charge on any atom is -0.337 e. The summed E-state index contributed by atoms with van der Waals surface area (Å²) in [5, 5.41) is 10.2. The Labute approximate surface area is 182 Å². The average Bonchev–Trinajstić information content (AvgIpc) is 3.37. The molecule has 0 bridgehead atoms. The normalized spacial score (nSPS) is 15.5. The highest BCUT2D eigenvalue weighted by Gasteiger charge is 2.24.